The number of carbonyl (C=O) groups excluding carboxylic acids is 3. The molecule has 0 heterocycles. The Morgan fingerprint density at radius 2 is 1.13 bits per heavy atom. The molecule has 0 aliphatic carbocycles. The van der Waals surface area contributed by atoms with E-state index in [1.807, 2.05) is 20.8 Å². The molecule has 0 unspecified atom stereocenters. The van der Waals surface area contributed by atoms with Crippen LogP contribution in [-0.4, -0.2) is 54.9 Å². The molecule has 0 saturated carbocycles. The fourth-order valence-electron chi connectivity index (χ4n) is 3.44. The van der Waals surface area contributed by atoms with E-state index in [9.17, 15) is 14.4 Å². The summed E-state index contributed by atoms with van der Waals surface area (Å²) in [7, 11) is 1.33. The molecule has 0 aliphatic heterocycles. The summed E-state index contributed by atoms with van der Waals surface area (Å²) in [6.45, 7) is 5.52. The standard InChI is InChI=1S/C30H30BrNO7/c1-19-5-11-22(12-6-19)28(33)37-18-25(31)27(39-30(35)24-15-9-21(3)10-16-24)26(17-32-36-4)38-29(34)23-13-7-20(2)8-14-23/h5-17,25-27H,18H2,1-4H3/t25-,26+,27-/m1/s1. The summed E-state index contributed by atoms with van der Waals surface area (Å²) < 4.78 is 17.0. The van der Waals surface area contributed by atoms with Crippen LogP contribution in [0.1, 0.15) is 47.8 Å². The molecule has 0 radical (unpaired) electrons. The highest BCUT2D eigenvalue weighted by Crippen LogP contribution is 2.21. The molecule has 0 spiro atoms. The summed E-state index contributed by atoms with van der Waals surface area (Å²) in [5, 5.41) is 3.76. The van der Waals surface area contributed by atoms with Crippen LogP contribution in [0, 0.1) is 20.8 Å². The number of hydrogen-bond donors (Lipinski definition) is 0. The fourth-order valence-corrected chi connectivity index (χ4v) is 3.98. The second-order valence-electron chi connectivity index (χ2n) is 8.89. The van der Waals surface area contributed by atoms with E-state index in [4.69, 9.17) is 19.0 Å². The minimum atomic E-state index is -1.18. The van der Waals surface area contributed by atoms with E-state index in [0.29, 0.717) is 16.7 Å². The van der Waals surface area contributed by atoms with E-state index in [2.05, 4.69) is 21.1 Å². The average molecular weight is 596 g/mol. The van der Waals surface area contributed by atoms with Crippen LogP contribution in [0.3, 0.4) is 0 Å². The third-order valence-corrected chi connectivity index (χ3v) is 6.50. The molecule has 3 rings (SSSR count). The average Bonchev–Trinajstić information content (AvgIpc) is 2.93. The van der Waals surface area contributed by atoms with Gasteiger partial charge in [0.15, 0.2) is 12.2 Å². The van der Waals surface area contributed by atoms with Crippen LogP contribution in [0.15, 0.2) is 78.0 Å². The molecule has 0 fully saturated rings. The van der Waals surface area contributed by atoms with Crippen molar-refractivity contribution < 1.29 is 33.4 Å². The number of oxime groups is 1. The first-order valence-electron chi connectivity index (χ1n) is 12.2. The molecule has 39 heavy (non-hydrogen) atoms. The Morgan fingerprint density at radius 1 is 0.718 bits per heavy atom. The van der Waals surface area contributed by atoms with Crippen LogP contribution in [-0.2, 0) is 19.0 Å². The lowest BCUT2D eigenvalue weighted by atomic mass is 10.1. The van der Waals surface area contributed by atoms with Crippen molar-refractivity contribution in [2.24, 2.45) is 5.16 Å². The third-order valence-electron chi connectivity index (χ3n) is 5.72. The van der Waals surface area contributed by atoms with Crippen molar-refractivity contribution in [2.75, 3.05) is 13.7 Å². The number of hydrogen-bond acceptors (Lipinski definition) is 8. The Bertz CT molecular complexity index is 1290. The molecular weight excluding hydrogens is 566 g/mol. The van der Waals surface area contributed by atoms with Crippen molar-refractivity contribution in [2.45, 2.75) is 37.8 Å². The van der Waals surface area contributed by atoms with Crippen molar-refractivity contribution >= 4 is 40.1 Å². The van der Waals surface area contributed by atoms with Crippen molar-refractivity contribution in [1.29, 1.82) is 0 Å². The molecule has 3 aromatic rings. The van der Waals surface area contributed by atoms with Gasteiger partial charge in [0.1, 0.15) is 13.7 Å². The number of ether oxygens (including phenoxy) is 3. The maximum Gasteiger partial charge on any atom is 0.338 e. The van der Waals surface area contributed by atoms with Crippen LogP contribution in [0.25, 0.3) is 0 Å². The molecule has 0 aliphatic rings. The molecule has 0 bridgehead atoms. The molecular formula is C30H30BrNO7. The van der Waals surface area contributed by atoms with Gasteiger partial charge in [0.25, 0.3) is 0 Å². The first kappa shape index (κ1) is 29.6. The molecule has 0 N–H and O–H groups in total. The van der Waals surface area contributed by atoms with Gasteiger partial charge in [-0.1, -0.05) is 74.2 Å². The van der Waals surface area contributed by atoms with Gasteiger partial charge in [0.05, 0.1) is 27.7 Å². The number of nitrogens with zero attached hydrogens (tertiary/aromatic N) is 1. The molecule has 0 aromatic heterocycles. The lowest BCUT2D eigenvalue weighted by molar-refractivity contribution is -0.0209. The molecule has 9 heteroatoms. The highest BCUT2D eigenvalue weighted by Gasteiger charge is 2.35. The summed E-state index contributed by atoms with van der Waals surface area (Å²) >= 11 is 3.47. The predicted molar refractivity (Wildman–Crippen MR) is 150 cm³/mol. The highest BCUT2D eigenvalue weighted by molar-refractivity contribution is 9.09. The number of halogens is 1. The van der Waals surface area contributed by atoms with Gasteiger partial charge in [-0.3, -0.25) is 0 Å². The maximum atomic E-state index is 13.1. The molecule has 3 atom stereocenters. The number of alkyl halides is 1. The van der Waals surface area contributed by atoms with Gasteiger partial charge in [0, 0.05) is 0 Å². The zero-order chi connectivity index (χ0) is 28.4. The number of aryl methyl sites for hydroxylation is 3. The Hall–Kier alpha value is -3.98. The van der Waals surface area contributed by atoms with Gasteiger partial charge in [-0.25, -0.2) is 14.4 Å². The first-order chi connectivity index (χ1) is 18.7. The van der Waals surface area contributed by atoms with Gasteiger partial charge in [0.2, 0.25) is 0 Å². The highest BCUT2D eigenvalue weighted by atomic mass is 79.9. The van der Waals surface area contributed by atoms with Gasteiger partial charge < -0.3 is 19.0 Å². The zero-order valence-corrected chi connectivity index (χ0v) is 23.7. The molecule has 0 amide bonds. The molecule has 3 aromatic carbocycles. The second kappa shape index (κ2) is 14.2. The number of carbonyl (C=O) groups is 3. The normalized spacial score (nSPS) is 13.3. The lowest BCUT2D eigenvalue weighted by Crippen LogP contribution is -2.44. The van der Waals surface area contributed by atoms with E-state index in [1.165, 1.54) is 13.3 Å². The smallest absolute Gasteiger partial charge is 0.338 e. The summed E-state index contributed by atoms with van der Waals surface area (Å²) in [5.74, 6) is -1.87. The van der Waals surface area contributed by atoms with Crippen molar-refractivity contribution in [3.63, 3.8) is 0 Å². The SMILES string of the molecule is CON=C[C@H](OC(=O)c1ccc(C)cc1)[C@H](OC(=O)c1ccc(C)cc1)[C@H](Br)COC(=O)c1ccc(C)cc1. The van der Waals surface area contributed by atoms with E-state index >= 15 is 0 Å². The quantitative estimate of drug-likeness (QED) is 0.0932. The lowest BCUT2D eigenvalue weighted by Gasteiger charge is -2.28. The van der Waals surface area contributed by atoms with Gasteiger partial charge in [-0.05, 0) is 57.2 Å². The third kappa shape index (κ3) is 8.78. The van der Waals surface area contributed by atoms with Crippen LogP contribution in [0.5, 0.6) is 0 Å². The fraction of sp³-hybridized carbons (Fsp3) is 0.267. The van der Waals surface area contributed by atoms with Crippen molar-refractivity contribution in [1.82, 2.24) is 0 Å². The van der Waals surface area contributed by atoms with Crippen molar-refractivity contribution in [3.05, 3.63) is 106 Å². The monoisotopic (exact) mass is 595 g/mol. The van der Waals surface area contributed by atoms with E-state index in [-0.39, 0.29) is 6.61 Å². The Balaban J connectivity index is 1.85. The topological polar surface area (TPSA) is 100 Å². The van der Waals surface area contributed by atoms with E-state index < -0.39 is 34.9 Å². The summed E-state index contributed by atoms with van der Waals surface area (Å²) in [4.78, 5) is 42.7. The predicted octanol–water partition coefficient (Wildman–Crippen LogP) is 5.62. The Kier molecular flexibility index (Phi) is 10.8. The second-order valence-corrected chi connectivity index (χ2v) is 10.1. The maximum absolute atomic E-state index is 13.1. The molecule has 0 saturated heterocycles. The Morgan fingerprint density at radius 3 is 1.56 bits per heavy atom. The largest absolute Gasteiger partial charge is 0.461 e. The van der Waals surface area contributed by atoms with Crippen LogP contribution >= 0.6 is 15.9 Å². The van der Waals surface area contributed by atoms with E-state index in [1.54, 1.807) is 72.8 Å². The zero-order valence-electron chi connectivity index (χ0n) is 22.1. The van der Waals surface area contributed by atoms with Crippen LogP contribution < -0.4 is 0 Å². The Labute approximate surface area is 236 Å². The number of rotatable bonds is 11. The number of esters is 3. The van der Waals surface area contributed by atoms with Gasteiger partial charge in [-0.15, -0.1) is 0 Å². The van der Waals surface area contributed by atoms with Gasteiger partial charge >= 0.3 is 17.9 Å². The summed E-state index contributed by atoms with van der Waals surface area (Å²) in [5.41, 5.74) is 3.93. The molecule has 8 nitrogen and oxygen atoms in total. The summed E-state index contributed by atoms with van der Waals surface area (Å²) in [6, 6.07) is 20.6. The first-order valence-corrected chi connectivity index (χ1v) is 13.1. The van der Waals surface area contributed by atoms with Crippen molar-refractivity contribution in [3.8, 4) is 0 Å². The summed E-state index contributed by atoms with van der Waals surface area (Å²) in [6.07, 6.45) is -1.11. The minimum Gasteiger partial charge on any atom is -0.461 e. The van der Waals surface area contributed by atoms with Gasteiger partial charge in [-0.2, -0.15) is 0 Å². The minimum absolute atomic E-state index is 0.196. The number of benzene rings is 3. The van der Waals surface area contributed by atoms with Crippen LogP contribution in [0.2, 0.25) is 0 Å². The van der Waals surface area contributed by atoms with Crippen LogP contribution in [0.4, 0.5) is 0 Å². The molecule has 204 valence electrons. The van der Waals surface area contributed by atoms with E-state index in [0.717, 1.165) is 16.7 Å².